The molecule has 2 N–H and O–H groups in total. The van der Waals surface area contributed by atoms with E-state index in [1.54, 1.807) is 36.4 Å². The van der Waals surface area contributed by atoms with Crippen molar-refractivity contribution in [2.75, 3.05) is 16.6 Å². The number of benzene rings is 3. The zero-order valence-electron chi connectivity index (χ0n) is 32.1. The van der Waals surface area contributed by atoms with E-state index in [1.807, 2.05) is 0 Å². The van der Waals surface area contributed by atoms with Crippen LogP contribution in [0.15, 0.2) is 86.9 Å². The maximum Gasteiger partial charge on any atom is 0.418 e. The van der Waals surface area contributed by atoms with Crippen molar-refractivity contribution in [1.82, 2.24) is 4.90 Å². The number of fused-ring (bicyclic) bond motifs is 1. The lowest BCUT2D eigenvalue weighted by Gasteiger charge is -2.23. The van der Waals surface area contributed by atoms with Crippen LogP contribution >= 0.6 is 11.6 Å². The van der Waals surface area contributed by atoms with Crippen LogP contribution in [0.5, 0.6) is 5.75 Å². The molecule has 1 aliphatic rings. The van der Waals surface area contributed by atoms with Crippen molar-refractivity contribution >= 4 is 67.7 Å². The van der Waals surface area contributed by atoms with Crippen molar-refractivity contribution in [3.8, 4) is 5.75 Å². The summed E-state index contributed by atoms with van der Waals surface area (Å²) in [6.45, 7) is 3.90. The number of sulfonamides is 1. The fourth-order valence-corrected chi connectivity index (χ4v) is 7.83. The highest BCUT2D eigenvalue weighted by Gasteiger charge is 2.49. The molecule has 15 heteroatoms. The highest BCUT2D eigenvalue weighted by Crippen LogP contribution is 2.31. The second-order valence-electron chi connectivity index (χ2n) is 13.9. The van der Waals surface area contributed by atoms with Crippen LogP contribution in [-0.2, 0) is 24.3 Å². The third-order valence-corrected chi connectivity index (χ3v) is 11.3. The quantitative estimate of drug-likeness (QED) is 0.0337. The number of carbonyl (C=O) groups is 4. The Morgan fingerprint density at radius 1 is 0.825 bits per heavy atom. The first kappa shape index (κ1) is 42.9. The lowest BCUT2D eigenvalue weighted by Crippen LogP contribution is -2.52. The van der Waals surface area contributed by atoms with Gasteiger partial charge in [0.2, 0.25) is 0 Å². The predicted molar refractivity (Wildman–Crippen MR) is 217 cm³/mol. The minimum atomic E-state index is -4.31. The largest absolute Gasteiger partial charge is 0.491 e. The number of unbranched alkanes of at least 4 members (excludes halogenated alkanes) is 11. The number of nitrogens with one attached hydrogen (secondary N) is 2. The van der Waals surface area contributed by atoms with Gasteiger partial charge in [0.05, 0.1) is 27.9 Å². The summed E-state index contributed by atoms with van der Waals surface area (Å²) >= 11 is 6.40. The number of halogens is 1. The Morgan fingerprint density at radius 3 is 2.12 bits per heavy atom. The summed E-state index contributed by atoms with van der Waals surface area (Å²) in [7, 11) is -4.31. The van der Waals surface area contributed by atoms with Gasteiger partial charge in [-0.25, -0.2) is 22.9 Å². The number of anilines is 2. The summed E-state index contributed by atoms with van der Waals surface area (Å²) in [6.07, 6.45) is 11.9. The van der Waals surface area contributed by atoms with Crippen LogP contribution < -0.4 is 20.4 Å². The highest BCUT2D eigenvalue weighted by molar-refractivity contribution is 7.92. The van der Waals surface area contributed by atoms with Crippen molar-refractivity contribution < 1.29 is 41.5 Å². The number of imide groups is 1. The number of hydrogen-bond acceptors (Lipinski definition) is 10. The van der Waals surface area contributed by atoms with Gasteiger partial charge >= 0.3 is 11.7 Å². The summed E-state index contributed by atoms with van der Waals surface area (Å²) in [5.74, 6) is -2.96. The average Bonchev–Trinajstić information content (AvgIpc) is 3.43. The van der Waals surface area contributed by atoms with Crippen molar-refractivity contribution in [2.45, 2.75) is 108 Å². The van der Waals surface area contributed by atoms with Gasteiger partial charge in [-0.15, -0.1) is 0 Å². The lowest BCUT2D eigenvalue weighted by molar-refractivity contribution is -0.133. The summed E-state index contributed by atoms with van der Waals surface area (Å²) in [5.41, 5.74) is -1.23. The monoisotopic (exact) mass is 821 g/mol. The van der Waals surface area contributed by atoms with Gasteiger partial charge in [0.15, 0.2) is 17.9 Å². The van der Waals surface area contributed by atoms with E-state index in [-0.39, 0.29) is 37.8 Å². The van der Waals surface area contributed by atoms with E-state index in [1.165, 1.54) is 89.0 Å². The number of Topliss-reactive ketones (excluding diaryl/α,β-unsaturated/α-hetero) is 1. The molecule has 5 rings (SSSR count). The number of cyclic esters (lactones) is 1. The van der Waals surface area contributed by atoms with Gasteiger partial charge in [0.25, 0.3) is 21.8 Å². The molecule has 3 aromatic carbocycles. The van der Waals surface area contributed by atoms with Crippen LogP contribution in [-0.4, -0.2) is 55.8 Å². The van der Waals surface area contributed by atoms with Crippen molar-refractivity contribution in [3.63, 3.8) is 0 Å². The van der Waals surface area contributed by atoms with Gasteiger partial charge in [0, 0.05) is 17.0 Å². The summed E-state index contributed by atoms with van der Waals surface area (Å²) < 4.78 is 46.0. The van der Waals surface area contributed by atoms with Crippen LogP contribution in [0.2, 0.25) is 5.02 Å². The van der Waals surface area contributed by atoms with Gasteiger partial charge in [0.1, 0.15) is 11.3 Å². The maximum atomic E-state index is 14.1. The van der Waals surface area contributed by atoms with E-state index in [9.17, 15) is 32.4 Å². The Morgan fingerprint density at radius 2 is 1.46 bits per heavy atom. The van der Waals surface area contributed by atoms with Gasteiger partial charge in [-0.1, -0.05) is 119 Å². The summed E-state index contributed by atoms with van der Waals surface area (Å²) in [6, 6.07) is 14.8. The molecule has 3 amide bonds. The third-order valence-electron chi connectivity index (χ3n) is 9.62. The molecule has 0 bridgehead atoms. The maximum absolute atomic E-state index is 14.1. The molecule has 1 fully saturated rings. The molecule has 1 aromatic heterocycles. The van der Waals surface area contributed by atoms with E-state index in [4.69, 9.17) is 25.5 Å². The third kappa shape index (κ3) is 11.2. The van der Waals surface area contributed by atoms with E-state index >= 15 is 0 Å². The molecular formula is C42H48ClN3O10S. The summed E-state index contributed by atoms with van der Waals surface area (Å²) in [5, 5.41) is 2.43. The molecule has 2 heterocycles. The topological polar surface area (TPSA) is 178 Å². The second-order valence-corrected chi connectivity index (χ2v) is 16.0. The fraction of sp³-hybridized carbons (Fsp3) is 0.405. The van der Waals surface area contributed by atoms with Crippen LogP contribution in [0.4, 0.5) is 16.2 Å². The van der Waals surface area contributed by atoms with Crippen molar-refractivity contribution in [2.24, 2.45) is 0 Å². The van der Waals surface area contributed by atoms with Gasteiger partial charge < -0.3 is 19.2 Å². The van der Waals surface area contributed by atoms with E-state index in [0.29, 0.717) is 17.3 Å². The van der Waals surface area contributed by atoms with Crippen LogP contribution in [0.25, 0.3) is 11.0 Å². The van der Waals surface area contributed by atoms with Crippen LogP contribution in [0, 0.1) is 0 Å². The average molecular weight is 822 g/mol. The van der Waals surface area contributed by atoms with E-state index in [0.717, 1.165) is 31.4 Å². The number of ether oxygens (including phenoxy) is 2. The minimum Gasteiger partial charge on any atom is -0.491 e. The molecule has 0 spiro atoms. The number of nitrogens with zero attached hydrogens (tertiary/aromatic N) is 1. The molecule has 2 unspecified atom stereocenters. The smallest absolute Gasteiger partial charge is 0.418 e. The Labute approximate surface area is 337 Å². The molecule has 304 valence electrons. The van der Waals surface area contributed by atoms with E-state index in [2.05, 4.69) is 17.0 Å². The van der Waals surface area contributed by atoms with Crippen molar-refractivity contribution in [1.29, 1.82) is 0 Å². The standard InChI is InChI=1S/C42H48ClN3O10S/c1-3-4-5-6-7-8-9-10-11-12-13-18-25-54-36-22-17-15-20-33(36)45-57(52,53)29-23-24-32(43)34(26-29)44-40(49)38(46-41(50)28(2)55-42(46)51)39(48)31-27-37(47)56-35-21-16-14-19-30(31)35/h14-17,19-24,26-28,38,45H,3-13,18,25H2,1-2H3,(H,44,49). The zero-order valence-corrected chi connectivity index (χ0v) is 33.7. The first-order chi connectivity index (χ1) is 27.4. The number of carbonyl (C=O) groups excluding carboxylic acids is 4. The van der Waals surface area contributed by atoms with Gasteiger partial charge in [-0.3, -0.25) is 19.1 Å². The normalized spacial score (nSPS) is 14.7. The van der Waals surface area contributed by atoms with Gasteiger partial charge in [-0.2, -0.15) is 0 Å². The van der Waals surface area contributed by atoms with E-state index < -0.39 is 51.5 Å². The second kappa shape index (κ2) is 20.3. The molecule has 1 saturated heterocycles. The van der Waals surface area contributed by atoms with Crippen molar-refractivity contribution in [3.05, 3.63) is 93.8 Å². The molecule has 2 atom stereocenters. The SMILES string of the molecule is CCCCCCCCCCCCCCOc1ccccc1NS(=O)(=O)c1ccc(Cl)c(NC(=O)C(C(=O)c2cc(=O)oc3ccccc23)N2C(=O)OC(C)C2=O)c1. The van der Waals surface area contributed by atoms with Crippen LogP contribution in [0.3, 0.4) is 0 Å². The van der Waals surface area contributed by atoms with Gasteiger partial charge in [-0.05, 0) is 49.7 Å². The number of amides is 3. The first-order valence-corrected chi connectivity index (χ1v) is 21.2. The Balaban J connectivity index is 1.26. The Hall–Kier alpha value is -5.21. The minimum absolute atomic E-state index is 0.0287. The number of hydrogen-bond donors (Lipinski definition) is 2. The molecule has 1 aliphatic heterocycles. The predicted octanol–water partition coefficient (Wildman–Crippen LogP) is 8.88. The first-order valence-electron chi connectivity index (χ1n) is 19.4. The summed E-state index contributed by atoms with van der Waals surface area (Å²) in [4.78, 5) is 66.4. The molecule has 0 radical (unpaired) electrons. The molecule has 57 heavy (non-hydrogen) atoms. The highest BCUT2D eigenvalue weighted by atomic mass is 35.5. The number of rotatable bonds is 22. The zero-order chi connectivity index (χ0) is 41.0. The Bertz CT molecular complexity index is 2240. The number of ketones is 1. The number of para-hydroxylation sites is 3. The molecule has 0 saturated carbocycles. The molecule has 13 nitrogen and oxygen atoms in total. The Kier molecular flexibility index (Phi) is 15.3. The van der Waals surface area contributed by atoms with Crippen LogP contribution in [0.1, 0.15) is 101 Å². The molecule has 0 aliphatic carbocycles. The lowest BCUT2D eigenvalue weighted by atomic mass is 9.99. The molecular weight excluding hydrogens is 774 g/mol. The fourth-order valence-electron chi connectivity index (χ4n) is 6.57. The molecule has 4 aromatic rings.